The molecule has 6 nitrogen and oxygen atoms in total. The van der Waals surface area contributed by atoms with Gasteiger partial charge in [0, 0.05) is 17.0 Å². The lowest BCUT2D eigenvalue weighted by Gasteiger charge is -2.04. The summed E-state index contributed by atoms with van der Waals surface area (Å²) in [4.78, 5) is 16.2. The molecule has 3 aromatic rings. The average molecular weight is 342 g/mol. The zero-order valence-electron chi connectivity index (χ0n) is 12.3. The molecule has 0 spiro atoms. The second-order valence-corrected chi connectivity index (χ2v) is 5.32. The highest BCUT2D eigenvalue weighted by Gasteiger charge is 2.10. The van der Waals surface area contributed by atoms with Crippen molar-refractivity contribution in [3.8, 4) is 11.5 Å². The van der Waals surface area contributed by atoms with Crippen molar-refractivity contribution in [2.75, 3.05) is 0 Å². The van der Waals surface area contributed by atoms with Crippen LogP contribution in [0.5, 0.6) is 11.5 Å². The van der Waals surface area contributed by atoms with Gasteiger partial charge in [-0.1, -0.05) is 29.8 Å². The lowest BCUT2D eigenvalue weighted by atomic mass is 10.2. The van der Waals surface area contributed by atoms with E-state index in [2.05, 4.69) is 15.5 Å². The number of carbonyl (C=O) groups is 1. The van der Waals surface area contributed by atoms with Crippen LogP contribution in [0.25, 0.3) is 10.9 Å². The highest BCUT2D eigenvalue weighted by molar-refractivity contribution is 6.32. The normalized spacial score (nSPS) is 11.0. The van der Waals surface area contributed by atoms with Crippen molar-refractivity contribution in [3.63, 3.8) is 0 Å². The summed E-state index contributed by atoms with van der Waals surface area (Å²) in [5.74, 6) is -1.09. The van der Waals surface area contributed by atoms with E-state index < -0.39 is 5.91 Å². The van der Waals surface area contributed by atoms with Gasteiger partial charge in [-0.05, 0) is 24.3 Å². The van der Waals surface area contributed by atoms with Crippen LogP contribution in [-0.2, 0) is 0 Å². The van der Waals surface area contributed by atoms with Gasteiger partial charge in [-0.2, -0.15) is 5.10 Å². The summed E-state index contributed by atoms with van der Waals surface area (Å²) in [5.41, 5.74) is 3.59. The number of amides is 1. The number of hydrogen-bond donors (Lipinski definition) is 3. The number of hydrazone groups is 1. The number of halogens is 1. The summed E-state index contributed by atoms with van der Waals surface area (Å²) in [5, 5.41) is 23.8. The van der Waals surface area contributed by atoms with E-state index in [9.17, 15) is 15.0 Å². The van der Waals surface area contributed by atoms with Crippen LogP contribution in [0.3, 0.4) is 0 Å². The van der Waals surface area contributed by atoms with E-state index in [-0.39, 0.29) is 22.2 Å². The maximum atomic E-state index is 11.9. The molecule has 7 heteroatoms. The van der Waals surface area contributed by atoms with Gasteiger partial charge in [0.2, 0.25) is 0 Å². The second kappa shape index (κ2) is 6.55. The van der Waals surface area contributed by atoms with Gasteiger partial charge in [-0.25, -0.2) is 10.4 Å². The molecular formula is C17H12ClN3O3. The van der Waals surface area contributed by atoms with Crippen molar-refractivity contribution in [3.05, 3.63) is 64.8 Å². The molecule has 0 fully saturated rings. The van der Waals surface area contributed by atoms with E-state index in [1.54, 1.807) is 6.07 Å². The molecule has 1 aromatic heterocycles. The Morgan fingerprint density at radius 1 is 1.17 bits per heavy atom. The van der Waals surface area contributed by atoms with Crippen molar-refractivity contribution in [2.24, 2.45) is 5.10 Å². The second-order valence-electron chi connectivity index (χ2n) is 4.96. The van der Waals surface area contributed by atoms with Gasteiger partial charge in [-0.15, -0.1) is 0 Å². The minimum absolute atomic E-state index is 0.00677. The Balaban J connectivity index is 1.78. The third kappa shape index (κ3) is 3.28. The maximum Gasteiger partial charge on any atom is 0.275 e. The Morgan fingerprint density at radius 2 is 1.96 bits per heavy atom. The number of pyridine rings is 1. The quantitative estimate of drug-likeness (QED) is 0.387. The van der Waals surface area contributed by atoms with Gasteiger partial charge in [0.15, 0.2) is 0 Å². The minimum Gasteiger partial charge on any atom is -0.508 e. The molecule has 0 aliphatic heterocycles. The van der Waals surface area contributed by atoms with Crippen molar-refractivity contribution in [2.45, 2.75) is 0 Å². The first-order valence-electron chi connectivity index (χ1n) is 6.95. The van der Waals surface area contributed by atoms with Crippen LogP contribution < -0.4 is 5.43 Å². The Bertz CT molecular complexity index is 957. The number of aromatic hydroxyl groups is 2. The number of phenols is 2. The first-order chi connectivity index (χ1) is 11.5. The number of hydrogen-bond acceptors (Lipinski definition) is 5. The zero-order valence-corrected chi connectivity index (χ0v) is 13.0. The number of nitrogens with one attached hydrogen (secondary N) is 1. The van der Waals surface area contributed by atoms with Crippen LogP contribution in [0.1, 0.15) is 15.9 Å². The molecule has 120 valence electrons. The Hall–Kier alpha value is -3.12. The molecule has 24 heavy (non-hydrogen) atoms. The molecular weight excluding hydrogens is 330 g/mol. The SMILES string of the molecule is O=C(N/N=C/c1cc2ccccc2nc1Cl)c1ccc(O)cc1O. The molecule has 0 saturated carbocycles. The third-order valence-corrected chi connectivity index (χ3v) is 3.60. The van der Waals surface area contributed by atoms with Gasteiger partial charge in [0.25, 0.3) is 5.91 Å². The monoisotopic (exact) mass is 341 g/mol. The molecule has 0 saturated heterocycles. The molecule has 1 amide bonds. The molecule has 0 bridgehead atoms. The first kappa shape index (κ1) is 15.8. The number of para-hydroxylation sites is 1. The number of benzene rings is 2. The topological polar surface area (TPSA) is 94.8 Å². The summed E-state index contributed by atoms with van der Waals surface area (Å²) in [6, 6.07) is 12.9. The van der Waals surface area contributed by atoms with Crippen molar-refractivity contribution >= 4 is 34.6 Å². The fourth-order valence-electron chi connectivity index (χ4n) is 2.13. The van der Waals surface area contributed by atoms with Crippen LogP contribution in [0.15, 0.2) is 53.6 Å². The van der Waals surface area contributed by atoms with Crippen LogP contribution in [0.2, 0.25) is 5.15 Å². The van der Waals surface area contributed by atoms with Gasteiger partial charge in [-0.3, -0.25) is 4.79 Å². The predicted molar refractivity (Wildman–Crippen MR) is 91.6 cm³/mol. The van der Waals surface area contributed by atoms with Gasteiger partial charge < -0.3 is 10.2 Å². The highest BCUT2D eigenvalue weighted by atomic mass is 35.5. The molecule has 0 radical (unpaired) electrons. The largest absolute Gasteiger partial charge is 0.508 e. The predicted octanol–water partition coefficient (Wildman–Crippen LogP) is 3.06. The Labute approximate surface area is 142 Å². The third-order valence-electron chi connectivity index (χ3n) is 3.30. The van der Waals surface area contributed by atoms with Gasteiger partial charge in [0.05, 0.1) is 17.3 Å². The smallest absolute Gasteiger partial charge is 0.275 e. The fraction of sp³-hybridized carbons (Fsp3) is 0. The highest BCUT2D eigenvalue weighted by Crippen LogP contribution is 2.22. The molecule has 0 atom stereocenters. The Morgan fingerprint density at radius 3 is 2.75 bits per heavy atom. The van der Waals surface area contributed by atoms with Crippen LogP contribution in [0.4, 0.5) is 0 Å². The minimum atomic E-state index is -0.617. The van der Waals surface area contributed by atoms with E-state index in [4.69, 9.17) is 11.6 Å². The molecule has 2 aromatic carbocycles. The molecule has 0 unspecified atom stereocenters. The molecule has 0 aliphatic rings. The van der Waals surface area contributed by atoms with Crippen LogP contribution in [-0.4, -0.2) is 27.3 Å². The molecule has 0 aliphatic carbocycles. The van der Waals surface area contributed by atoms with Crippen LogP contribution >= 0.6 is 11.6 Å². The van der Waals surface area contributed by atoms with Gasteiger partial charge in [0.1, 0.15) is 16.7 Å². The van der Waals surface area contributed by atoms with Crippen molar-refractivity contribution < 1.29 is 15.0 Å². The van der Waals surface area contributed by atoms with Crippen LogP contribution in [0, 0.1) is 0 Å². The van der Waals surface area contributed by atoms with E-state index in [1.807, 2.05) is 24.3 Å². The standard InChI is InChI=1S/C17H12ClN3O3/c18-16-11(7-10-3-1-2-4-14(10)20-16)9-19-21-17(24)13-6-5-12(22)8-15(13)23/h1-9,22-23H,(H,21,24)/b19-9+. The molecule has 3 rings (SSSR count). The Kier molecular flexibility index (Phi) is 4.31. The van der Waals surface area contributed by atoms with E-state index in [0.717, 1.165) is 17.0 Å². The zero-order chi connectivity index (χ0) is 17.1. The summed E-state index contributed by atoms with van der Waals surface area (Å²) >= 11 is 6.10. The van der Waals surface area contributed by atoms with Crippen molar-refractivity contribution in [1.82, 2.24) is 10.4 Å². The van der Waals surface area contributed by atoms with Crippen molar-refractivity contribution in [1.29, 1.82) is 0 Å². The summed E-state index contributed by atoms with van der Waals surface area (Å²) in [7, 11) is 0. The summed E-state index contributed by atoms with van der Waals surface area (Å²) in [6.07, 6.45) is 1.37. The lowest BCUT2D eigenvalue weighted by molar-refractivity contribution is 0.0952. The fourth-order valence-corrected chi connectivity index (χ4v) is 2.33. The maximum absolute atomic E-state index is 11.9. The summed E-state index contributed by atoms with van der Waals surface area (Å²) < 4.78 is 0. The number of aromatic nitrogens is 1. The first-order valence-corrected chi connectivity index (χ1v) is 7.33. The van der Waals surface area contributed by atoms with Gasteiger partial charge >= 0.3 is 0 Å². The lowest BCUT2D eigenvalue weighted by Crippen LogP contribution is -2.17. The van der Waals surface area contributed by atoms with E-state index in [1.165, 1.54) is 18.3 Å². The number of phenolic OH excluding ortho intramolecular Hbond substituents is 2. The number of fused-ring (bicyclic) bond motifs is 1. The summed E-state index contributed by atoms with van der Waals surface area (Å²) in [6.45, 7) is 0. The molecule has 3 N–H and O–H groups in total. The van der Waals surface area contributed by atoms with E-state index in [0.29, 0.717) is 5.56 Å². The number of carbonyl (C=O) groups excluding carboxylic acids is 1. The number of nitrogens with zero attached hydrogens (tertiary/aromatic N) is 2. The number of rotatable bonds is 3. The average Bonchev–Trinajstić information content (AvgIpc) is 2.55. The van der Waals surface area contributed by atoms with E-state index >= 15 is 0 Å². The molecule has 1 heterocycles.